The fraction of sp³-hybridized carbons (Fsp3) is 0.280. The van der Waals surface area contributed by atoms with Gasteiger partial charge in [-0.15, -0.1) is 0 Å². The van der Waals surface area contributed by atoms with E-state index in [9.17, 15) is 0 Å². The quantitative estimate of drug-likeness (QED) is 0.424. The Bertz CT molecular complexity index is 1200. The minimum Gasteiger partial charge on any atom is -0.264 e. The fourth-order valence-corrected chi connectivity index (χ4v) is 4.66. The predicted molar refractivity (Wildman–Crippen MR) is 113 cm³/mol. The van der Waals surface area contributed by atoms with Gasteiger partial charge in [-0.2, -0.15) is 0 Å². The van der Waals surface area contributed by atoms with E-state index in [1.54, 1.807) is 0 Å². The van der Waals surface area contributed by atoms with E-state index in [2.05, 4.69) is 69.1 Å². The summed E-state index contributed by atoms with van der Waals surface area (Å²) in [5.74, 6) is 0.645. The van der Waals surface area contributed by atoms with Gasteiger partial charge in [0.25, 0.3) is 0 Å². The maximum Gasteiger partial charge on any atom is 0.0786 e. The van der Waals surface area contributed by atoms with Crippen molar-refractivity contribution in [3.8, 4) is 11.3 Å². The molecule has 0 bridgehead atoms. The second-order valence-corrected chi connectivity index (χ2v) is 8.74. The van der Waals surface area contributed by atoms with Gasteiger partial charge >= 0.3 is 0 Å². The first-order valence-corrected chi connectivity index (χ1v) is 9.76. The van der Waals surface area contributed by atoms with Gasteiger partial charge in [0.2, 0.25) is 0 Å². The summed E-state index contributed by atoms with van der Waals surface area (Å²) in [6.07, 6.45) is 6.88. The molecule has 2 aromatic heterocycles. The largest absolute Gasteiger partial charge is 0.264 e. The molecule has 5 rings (SSSR count). The second kappa shape index (κ2) is 5.63. The Morgan fingerprint density at radius 3 is 2.52 bits per heavy atom. The molecule has 0 saturated heterocycles. The summed E-state index contributed by atoms with van der Waals surface area (Å²) in [5.41, 5.74) is 6.48. The molecule has 134 valence electrons. The molecule has 27 heavy (non-hydrogen) atoms. The first-order valence-electron chi connectivity index (χ1n) is 9.76. The van der Waals surface area contributed by atoms with E-state index in [4.69, 9.17) is 4.98 Å². The number of rotatable bonds is 2. The third-order valence-corrected chi connectivity index (χ3v) is 5.95. The molecule has 2 heteroatoms. The Balaban J connectivity index is 1.90. The van der Waals surface area contributed by atoms with Gasteiger partial charge in [-0.1, -0.05) is 39.8 Å². The van der Waals surface area contributed by atoms with Gasteiger partial charge in [0.1, 0.15) is 0 Å². The van der Waals surface area contributed by atoms with Crippen molar-refractivity contribution in [3.63, 3.8) is 0 Å². The monoisotopic (exact) mass is 352 g/mol. The zero-order valence-electron chi connectivity index (χ0n) is 16.4. The molecule has 0 amide bonds. The Labute approximate surface area is 160 Å². The smallest absolute Gasteiger partial charge is 0.0786 e. The van der Waals surface area contributed by atoms with E-state index in [1.807, 2.05) is 18.6 Å². The van der Waals surface area contributed by atoms with Crippen LogP contribution in [0.2, 0.25) is 0 Å². The number of nitrogens with zero attached hydrogens (tertiary/aromatic N) is 2. The van der Waals surface area contributed by atoms with Gasteiger partial charge in [-0.25, -0.2) is 0 Å². The van der Waals surface area contributed by atoms with E-state index < -0.39 is 0 Å². The summed E-state index contributed by atoms with van der Waals surface area (Å²) >= 11 is 0. The predicted octanol–water partition coefficient (Wildman–Crippen LogP) is 6.29. The second-order valence-electron chi connectivity index (χ2n) is 8.74. The van der Waals surface area contributed by atoms with Crippen LogP contribution >= 0.6 is 0 Å². The van der Waals surface area contributed by atoms with Gasteiger partial charge in [0.15, 0.2) is 0 Å². The normalized spacial score (nSPS) is 14.7. The van der Waals surface area contributed by atoms with Crippen LogP contribution in [0.25, 0.3) is 32.8 Å². The number of fused-ring (bicyclic) bond motifs is 3. The summed E-state index contributed by atoms with van der Waals surface area (Å²) in [5, 5.41) is 5.03. The van der Waals surface area contributed by atoms with E-state index in [1.165, 1.54) is 43.8 Å². The molecule has 0 N–H and O–H groups in total. The fourth-order valence-electron chi connectivity index (χ4n) is 4.66. The van der Waals surface area contributed by atoms with Crippen LogP contribution in [-0.2, 0) is 11.8 Å². The number of pyridine rings is 2. The van der Waals surface area contributed by atoms with Crippen LogP contribution in [0.3, 0.4) is 0 Å². The molecular weight excluding hydrogens is 328 g/mol. The molecule has 1 aliphatic carbocycles. The standard InChI is InChI=1S/C25H24N2/c1-15(2)9-16-10-18-6-8-27-24-20-12-19-14-26-7-5-17(19)13-21(20)25(3,4)22(11-16)23(18)24/h5-8,10-15H,9H2,1-4H3. The summed E-state index contributed by atoms with van der Waals surface area (Å²) in [7, 11) is 0. The van der Waals surface area contributed by atoms with Crippen molar-refractivity contribution in [2.45, 2.75) is 39.5 Å². The summed E-state index contributed by atoms with van der Waals surface area (Å²) < 4.78 is 0. The summed E-state index contributed by atoms with van der Waals surface area (Å²) in [6.45, 7) is 9.27. The molecule has 1 aliphatic rings. The number of hydrogen-bond donors (Lipinski definition) is 0. The van der Waals surface area contributed by atoms with Crippen molar-refractivity contribution in [2.24, 2.45) is 5.92 Å². The van der Waals surface area contributed by atoms with E-state index in [0.29, 0.717) is 5.92 Å². The highest BCUT2D eigenvalue weighted by Crippen LogP contribution is 2.49. The third-order valence-electron chi connectivity index (χ3n) is 5.95. The highest BCUT2D eigenvalue weighted by Gasteiger charge is 2.34. The van der Waals surface area contributed by atoms with Crippen molar-refractivity contribution in [2.75, 3.05) is 0 Å². The van der Waals surface area contributed by atoms with Gasteiger partial charge in [0, 0.05) is 40.3 Å². The molecule has 0 atom stereocenters. The van der Waals surface area contributed by atoms with Crippen LogP contribution in [-0.4, -0.2) is 9.97 Å². The maximum atomic E-state index is 4.82. The lowest BCUT2D eigenvalue weighted by Crippen LogP contribution is -2.24. The third kappa shape index (κ3) is 2.39. The van der Waals surface area contributed by atoms with Crippen LogP contribution < -0.4 is 0 Å². The number of aromatic nitrogens is 2. The van der Waals surface area contributed by atoms with Gasteiger partial charge in [0.05, 0.1) is 5.69 Å². The lowest BCUT2D eigenvalue weighted by molar-refractivity contribution is 0.630. The first kappa shape index (κ1) is 16.4. The Morgan fingerprint density at radius 2 is 1.70 bits per heavy atom. The van der Waals surface area contributed by atoms with Crippen LogP contribution in [0.5, 0.6) is 0 Å². The van der Waals surface area contributed by atoms with Crippen LogP contribution in [0.4, 0.5) is 0 Å². The molecule has 4 aromatic rings. The Kier molecular flexibility index (Phi) is 3.42. The van der Waals surface area contributed by atoms with Crippen molar-refractivity contribution in [1.29, 1.82) is 0 Å². The average Bonchev–Trinajstić information content (AvgIpc) is 2.64. The minimum absolute atomic E-state index is 0.0614. The molecule has 0 aliphatic heterocycles. The Hall–Kier alpha value is -2.74. The maximum absolute atomic E-state index is 4.82. The molecule has 2 aromatic carbocycles. The molecule has 0 spiro atoms. The average molecular weight is 352 g/mol. The molecule has 0 saturated carbocycles. The summed E-state index contributed by atoms with van der Waals surface area (Å²) in [4.78, 5) is 9.13. The number of benzene rings is 2. The molecule has 2 heterocycles. The zero-order chi connectivity index (χ0) is 18.8. The molecule has 2 nitrogen and oxygen atoms in total. The van der Waals surface area contributed by atoms with Crippen LogP contribution in [0.15, 0.2) is 55.0 Å². The minimum atomic E-state index is -0.0614. The SMILES string of the molecule is CC(C)Cc1cc2c3c(nccc3c1)-c1cc3cnccc3cc1C2(C)C. The van der Waals surface area contributed by atoms with Crippen molar-refractivity contribution < 1.29 is 0 Å². The van der Waals surface area contributed by atoms with E-state index in [0.717, 1.165) is 12.1 Å². The molecule has 0 unspecified atom stereocenters. The topological polar surface area (TPSA) is 25.8 Å². The van der Waals surface area contributed by atoms with Crippen molar-refractivity contribution >= 4 is 21.5 Å². The summed E-state index contributed by atoms with van der Waals surface area (Å²) in [6, 6.07) is 13.7. The first-order chi connectivity index (χ1) is 12.9. The van der Waals surface area contributed by atoms with Crippen molar-refractivity contribution in [3.05, 3.63) is 71.7 Å². The Morgan fingerprint density at radius 1 is 0.889 bits per heavy atom. The van der Waals surface area contributed by atoms with E-state index >= 15 is 0 Å². The van der Waals surface area contributed by atoms with E-state index in [-0.39, 0.29) is 5.41 Å². The molecule has 0 fully saturated rings. The van der Waals surface area contributed by atoms with Gasteiger partial charge in [-0.3, -0.25) is 9.97 Å². The van der Waals surface area contributed by atoms with Gasteiger partial charge in [-0.05, 0) is 64.1 Å². The number of hydrogen-bond acceptors (Lipinski definition) is 2. The lowest BCUT2D eigenvalue weighted by atomic mass is 9.68. The lowest BCUT2D eigenvalue weighted by Gasteiger charge is -2.35. The molecular formula is C25H24N2. The zero-order valence-corrected chi connectivity index (χ0v) is 16.4. The van der Waals surface area contributed by atoms with Gasteiger partial charge < -0.3 is 0 Å². The van der Waals surface area contributed by atoms with Crippen LogP contribution in [0.1, 0.15) is 44.4 Å². The highest BCUT2D eigenvalue weighted by atomic mass is 14.7. The van der Waals surface area contributed by atoms with Crippen molar-refractivity contribution in [1.82, 2.24) is 9.97 Å². The highest BCUT2D eigenvalue weighted by molar-refractivity contribution is 6.04. The van der Waals surface area contributed by atoms with Crippen LogP contribution in [0, 0.1) is 5.92 Å². The molecule has 0 radical (unpaired) electrons.